The summed E-state index contributed by atoms with van der Waals surface area (Å²) in [7, 11) is 0. The number of halogens is 2. The van der Waals surface area contributed by atoms with Crippen molar-refractivity contribution in [2.24, 2.45) is 0 Å². The molecule has 0 aliphatic rings. The molecule has 2 aromatic heterocycles. The molecule has 4 rings (SSSR count). The van der Waals surface area contributed by atoms with Gasteiger partial charge < -0.3 is 26.4 Å². The maximum Gasteiger partial charge on any atom is 0.323 e. The summed E-state index contributed by atoms with van der Waals surface area (Å²) in [5.41, 5.74) is 3.77. The standard InChI is InChI=1S/C34H39Cl2N7O4/c1-3-43-33(46)31(40-34(47)41-32-28(35)20-38-21-29(32)36)18-30(42-43)27-17-24(12-13-26(27)23-9-5-4-6-10-23)25(19-39-22(2)45)11-7-14-37-15-8-16-44/h4-6,9-10,12-13,17-18,20-21,25,37,44H,3,7-8,11,14-16,19H2,1-2H3,(H,39,45)(H2,38,40,41,47). The number of carbonyl (C=O) groups is 2. The normalized spacial score (nSPS) is 11.6. The van der Waals surface area contributed by atoms with E-state index in [4.69, 9.17) is 28.3 Å². The molecular weight excluding hydrogens is 641 g/mol. The zero-order valence-corrected chi connectivity index (χ0v) is 27.9. The second-order valence-electron chi connectivity index (χ2n) is 10.9. The number of hydrogen-bond acceptors (Lipinski definition) is 7. The number of amides is 3. The number of aliphatic hydroxyl groups excluding tert-OH is 1. The SMILES string of the molecule is CCn1nc(-c2cc(C(CCCNCCCO)CNC(C)=O)ccc2-c2ccccc2)cc(NC(=O)Nc2c(Cl)cncc2Cl)c1=O. The van der Waals surface area contributed by atoms with Gasteiger partial charge in [-0.3, -0.25) is 14.6 Å². The zero-order chi connectivity index (χ0) is 33.8. The maximum atomic E-state index is 13.3. The van der Waals surface area contributed by atoms with Crippen LogP contribution in [0.2, 0.25) is 10.0 Å². The number of nitrogens with zero attached hydrogens (tertiary/aromatic N) is 3. The second-order valence-corrected chi connectivity index (χ2v) is 11.7. The minimum atomic E-state index is -0.711. The van der Waals surface area contributed by atoms with Gasteiger partial charge in [-0.1, -0.05) is 65.7 Å². The first-order valence-electron chi connectivity index (χ1n) is 15.5. The van der Waals surface area contributed by atoms with Crippen molar-refractivity contribution in [3.8, 4) is 22.4 Å². The predicted molar refractivity (Wildman–Crippen MR) is 187 cm³/mol. The molecule has 0 aliphatic heterocycles. The van der Waals surface area contributed by atoms with Crippen LogP contribution >= 0.6 is 23.2 Å². The summed E-state index contributed by atoms with van der Waals surface area (Å²) in [4.78, 5) is 42.2. The van der Waals surface area contributed by atoms with E-state index in [1.54, 1.807) is 13.0 Å². The average Bonchev–Trinajstić information content (AvgIpc) is 3.06. The average molecular weight is 681 g/mol. The Balaban J connectivity index is 1.74. The molecule has 2 heterocycles. The molecule has 5 N–H and O–H groups in total. The molecule has 11 nitrogen and oxygen atoms in total. The van der Waals surface area contributed by atoms with Gasteiger partial charge in [0.05, 0.1) is 21.4 Å². The van der Waals surface area contributed by atoms with Gasteiger partial charge >= 0.3 is 6.03 Å². The molecule has 248 valence electrons. The molecule has 0 spiro atoms. The van der Waals surface area contributed by atoms with Gasteiger partial charge in [-0.25, -0.2) is 9.48 Å². The molecular formula is C34H39Cl2N7O4. The van der Waals surface area contributed by atoms with E-state index in [1.807, 2.05) is 42.5 Å². The fraction of sp³-hybridized carbons (Fsp3) is 0.324. The first kappa shape index (κ1) is 35.6. The highest BCUT2D eigenvalue weighted by atomic mass is 35.5. The van der Waals surface area contributed by atoms with Crippen molar-refractivity contribution in [2.75, 3.05) is 36.9 Å². The van der Waals surface area contributed by atoms with Gasteiger partial charge in [-0.2, -0.15) is 5.10 Å². The minimum Gasteiger partial charge on any atom is -0.396 e. The molecule has 0 saturated heterocycles. The Morgan fingerprint density at radius 3 is 2.36 bits per heavy atom. The van der Waals surface area contributed by atoms with Gasteiger partial charge in [-0.15, -0.1) is 0 Å². The number of carbonyl (C=O) groups excluding carboxylic acids is 2. The lowest BCUT2D eigenvalue weighted by Crippen LogP contribution is -2.30. The molecule has 4 aromatic rings. The highest BCUT2D eigenvalue weighted by Crippen LogP contribution is 2.35. The molecule has 0 aliphatic carbocycles. The summed E-state index contributed by atoms with van der Waals surface area (Å²) >= 11 is 12.4. The van der Waals surface area contributed by atoms with Crippen LogP contribution in [0.25, 0.3) is 22.4 Å². The van der Waals surface area contributed by atoms with Gasteiger partial charge in [0.2, 0.25) is 5.91 Å². The van der Waals surface area contributed by atoms with Crippen molar-refractivity contribution >= 4 is 46.5 Å². The number of anilines is 2. The van der Waals surface area contributed by atoms with Crippen molar-refractivity contribution in [2.45, 2.75) is 45.6 Å². The maximum absolute atomic E-state index is 13.3. The van der Waals surface area contributed by atoms with Gasteiger partial charge in [0.15, 0.2) is 0 Å². The van der Waals surface area contributed by atoms with Crippen molar-refractivity contribution in [3.63, 3.8) is 0 Å². The number of benzene rings is 2. The topological polar surface area (TPSA) is 150 Å². The molecule has 2 aromatic carbocycles. The predicted octanol–water partition coefficient (Wildman–Crippen LogP) is 5.91. The number of hydrogen-bond donors (Lipinski definition) is 5. The third-order valence-electron chi connectivity index (χ3n) is 7.51. The number of nitrogens with one attached hydrogen (secondary N) is 4. The molecule has 0 radical (unpaired) electrons. The van der Waals surface area contributed by atoms with Crippen molar-refractivity contribution < 1.29 is 14.7 Å². The molecule has 0 fully saturated rings. The van der Waals surface area contributed by atoms with Gasteiger partial charge in [0.25, 0.3) is 5.56 Å². The summed E-state index contributed by atoms with van der Waals surface area (Å²) in [5.74, 6) is -0.116. The quantitative estimate of drug-likeness (QED) is 0.0980. The molecule has 13 heteroatoms. The summed E-state index contributed by atoms with van der Waals surface area (Å²) in [6.45, 7) is 5.66. The monoisotopic (exact) mass is 679 g/mol. The van der Waals surface area contributed by atoms with Gasteiger partial charge in [-0.05, 0) is 68.1 Å². The Kier molecular flexibility index (Phi) is 13.3. The van der Waals surface area contributed by atoms with E-state index < -0.39 is 11.6 Å². The van der Waals surface area contributed by atoms with Crippen LogP contribution in [0.4, 0.5) is 16.2 Å². The van der Waals surface area contributed by atoms with Crippen LogP contribution in [0.3, 0.4) is 0 Å². The summed E-state index contributed by atoms with van der Waals surface area (Å²) in [5, 5.41) is 25.6. The van der Waals surface area contributed by atoms with E-state index in [9.17, 15) is 14.4 Å². The van der Waals surface area contributed by atoms with Gasteiger partial charge in [0, 0.05) is 50.5 Å². The van der Waals surface area contributed by atoms with E-state index in [0.717, 1.165) is 48.2 Å². The molecule has 47 heavy (non-hydrogen) atoms. The van der Waals surface area contributed by atoms with Crippen LogP contribution in [-0.4, -0.2) is 58.1 Å². The van der Waals surface area contributed by atoms with Crippen LogP contribution in [0.15, 0.2) is 71.8 Å². The van der Waals surface area contributed by atoms with Crippen LogP contribution in [0.1, 0.15) is 44.6 Å². The highest BCUT2D eigenvalue weighted by Gasteiger charge is 2.20. The van der Waals surface area contributed by atoms with E-state index in [2.05, 4.69) is 37.4 Å². The third kappa shape index (κ3) is 9.85. The summed E-state index contributed by atoms with van der Waals surface area (Å²) < 4.78 is 1.30. The first-order valence-corrected chi connectivity index (χ1v) is 16.2. The molecule has 0 bridgehead atoms. The molecule has 0 saturated carbocycles. The lowest BCUT2D eigenvalue weighted by atomic mass is 9.88. The number of urea groups is 1. The number of rotatable bonds is 15. The van der Waals surface area contributed by atoms with Crippen molar-refractivity contribution in [1.29, 1.82) is 0 Å². The Morgan fingerprint density at radius 1 is 0.957 bits per heavy atom. The summed E-state index contributed by atoms with van der Waals surface area (Å²) in [6.07, 6.45) is 5.05. The fourth-order valence-corrected chi connectivity index (χ4v) is 5.59. The number of aliphatic hydroxyl groups is 1. The lowest BCUT2D eigenvalue weighted by Gasteiger charge is -2.21. The molecule has 3 amide bonds. The molecule has 1 unspecified atom stereocenters. The van der Waals surface area contributed by atoms with Crippen molar-refractivity contribution in [1.82, 2.24) is 25.4 Å². The van der Waals surface area contributed by atoms with E-state index in [-0.39, 0.29) is 46.4 Å². The van der Waals surface area contributed by atoms with Crippen molar-refractivity contribution in [3.05, 3.63) is 93.0 Å². The zero-order valence-electron chi connectivity index (χ0n) is 26.4. The number of aryl methyl sites for hydroxylation is 1. The smallest absolute Gasteiger partial charge is 0.323 e. The molecule has 1 atom stereocenters. The van der Waals surface area contributed by atoms with E-state index >= 15 is 0 Å². The second kappa shape index (κ2) is 17.6. The fourth-order valence-electron chi connectivity index (χ4n) is 5.13. The largest absolute Gasteiger partial charge is 0.396 e. The Labute approximate surface area is 283 Å². The van der Waals surface area contributed by atoms with Crippen LogP contribution in [0.5, 0.6) is 0 Å². The number of aromatic nitrogens is 3. The lowest BCUT2D eigenvalue weighted by molar-refractivity contribution is -0.119. The minimum absolute atomic E-state index is 0.00238. The number of pyridine rings is 1. The third-order valence-corrected chi connectivity index (χ3v) is 8.08. The van der Waals surface area contributed by atoms with Crippen LogP contribution < -0.4 is 26.8 Å². The van der Waals surface area contributed by atoms with E-state index in [0.29, 0.717) is 18.7 Å². The Hall–Kier alpha value is -4.29. The highest BCUT2D eigenvalue weighted by molar-refractivity contribution is 6.39. The van der Waals surface area contributed by atoms with Crippen LogP contribution in [-0.2, 0) is 11.3 Å². The Bertz CT molecular complexity index is 1710. The van der Waals surface area contributed by atoms with Crippen LogP contribution in [0, 0.1) is 0 Å². The van der Waals surface area contributed by atoms with E-state index in [1.165, 1.54) is 24.0 Å². The van der Waals surface area contributed by atoms with Gasteiger partial charge in [0.1, 0.15) is 5.69 Å². The summed E-state index contributed by atoms with van der Waals surface area (Å²) in [6, 6.07) is 16.8. The Morgan fingerprint density at radius 2 is 1.68 bits per heavy atom. The first-order chi connectivity index (χ1) is 22.7.